The standard InChI is InChI=1S/C13H27N3O/c1-15-8-5-13(10-14,11-15)16-6-3-12(4-7-16)9-17-2/h12H,3-11,14H2,1-2H3. The van der Waals surface area contributed by atoms with Gasteiger partial charge in [0.15, 0.2) is 0 Å². The quantitative estimate of drug-likeness (QED) is 0.772. The number of ether oxygens (including phenoxy) is 1. The van der Waals surface area contributed by atoms with Crippen molar-refractivity contribution in [2.75, 3.05) is 53.5 Å². The number of piperidine rings is 1. The van der Waals surface area contributed by atoms with Crippen LogP contribution in [0.5, 0.6) is 0 Å². The van der Waals surface area contributed by atoms with Crippen molar-refractivity contribution in [3.63, 3.8) is 0 Å². The van der Waals surface area contributed by atoms with Crippen molar-refractivity contribution in [3.05, 3.63) is 0 Å². The van der Waals surface area contributed by atoms with Crippen LogP contribution in [0, 0.1) is 5.92 Å². The van der Waals surface area contributed by atoms with Crippen molar-refractivity contribution < 1.29 is 4.74 Å². The Morgan fingerprint density at radius 2 is 2.00 bits per heavy atom. The molecule has 2 rings (SSSR count). The van der Waals surface area contributed by atoms with Gasteiger partial charge in [0.2, 0.25) is 0 Å². The topological polar surface area (TPSA) is 41.7 Å². The highest BCUT2D eigenvalue weighted by Gasteiger charge is 2.41. The summed E-state index contributed by atoms with van der Waals surface area (Å²) in [4.78, 5) is 5.05. The molecule has 2 heterocycles. The number of likely N-dealkylation sites (N-methyl/N-ethyl adjacent to an activating group) is 1. The SMILES string of the molecule is COCC1CCN(C2(CN)CCN(C)C2)CC1. The highest BCUT2D eigenvalue weighted by atomic mass is 16.5. The second kappa shape index (κ2) is 5.65. The fourth-order valence-corrected chi connectivity index (χ4v) is 3.42. The van der Waals surface area contributed by atoms with E-state index in [0.29, 0.717) is 0 Å². The molecule has 17 heavy (non-hydrogen) atoms. The lowest BCUT2D eigenvalue weighted by Crippen LogP contribution is -2.57. The van der Waals surface area contributed by atoms with E-state index in [0.717, 1.165) is 25.6 Å². The van der Waals surface area contributed by atoms with Crippen LogP contribution in [0.4, 0.5) is 0 Å². The number of hydrogen-bond donors (Lipinski definition) is 1. The van der Waals surface area contributed by atoms with Gasteiger partial charge in [0.1, 0.15) is 0 Å². The van der Waals surface area contributed by atoms with Gasteiger partial charge in [0.25, 0.3) is 0 Å². The lowest BCUT2D eigenvalue weighted by Gasteiger charge is -2.44. The van der Waals surface area contributed by atoms with E-state index in [1.54, 1.807) is 7.11 Å². The number of likely N-dealkylation sites (tertiary alicyclic amines) is 2. The zero-order valence-electron chi connectivity index (χ0n) is 11.3. The Kier molecular flexibility index (Phi) is 4.42. The Morgan fingerprint density at radius 3 is 2.47 bits per heavy atom. The zero-order chi connectivity index (χ0) is 12.3. The van der Waals surface area contributed by atoms with Crippen LogP contribution in [-0.2, 0) is 4.74 Å². The van der Waals surface area contributed by atoms with Crippen molar-refractivity contribution in [2.45, 2.75) is 24.8 Å². The van der Waals surface area contributed by atoms with Gasteiger partial charge >= 0.3 is 0 Å². The number of methoxy groups -OCH3 is 1. The van der Waals surface area contributed by atoms with Crippen molar-refractivity contribution >= 4 is 0 Å². The molecule has 0 radical (unpaired) electrons. The van der Waals surface area contributed by atoms with E-state index in [-0.39, 0.29) is 5.54 Å². The van der Waals surface area contributed by atoms with E-state index in [1.165, 1.54) is 38.9 Å². The molecule has 2 N–H and O–H groups in total. The molecule has 0 aromatic carbocycles. The van der Waals surface area contributed by atoms with Gasteiger partial charge in [-0.2, -0.15) is 0 Å². The third-order valence-electron chi connectivity index (χ3n) is 4.59. The second-order valence-electron chi connectivity index (χ2n) is 5.80. The predicted molar refractivity (Wildman–Crippen MR) is 70.1 cm³/mol. The Balaban J connectivity index is 1.90. The molecule has 0 aromatic rings. The highest BCUT2D eigenvalue weighted by molar-refractivity contribution is 5.00. The van der Waals surface area contributed by atoms with Gasteiger partial charge in [0, 0.05) is 32.3 Å². The predicted octanol–water partition coefficient (Wildman–Crippen LogP) is 0.378. The zero-order valence-corrected chi connectivity index (χ0v) is 11.3. The summed E-state index contributed by atoms with van der Waals surface area (Å²) in [5.74, 6) is 0.755. The molecule has 2 saturated heterocycles. The van der Waals surface area contributed by atoms with Crippen molar-refractivity contribution in [2.24, 2.45) is 11.7 Å². The normalized spacial score (nSPS) is 33.4. The molecule has 0 spiro atoms. The van der Waals surface area contributed by atoms with Gasteiger partial charge in [-0.05, 0) is 51.9 Å². The maximum atomic E-state index is 6.06. The maximum Gasteiger partial charge on any atom is 0.0491 e. The Hall–Kier alpha value is -0.160. The lowest BCUT2D eigenvalue weighted by molar-refractivity contribution is 0.0389. The molecule has 2 fully saturated rings. The molecular formula is C13H27N3O. The summed E-state index contributed by atoms with van der Waals surface area (Å²) < 4.78 is 5.26. The fourth-order valence-electron chi connectivity index (χ4n) is 3.42. The Labute approximate surface area is 105 Å². The summed E-state index contributed by atoms with van der Waals surface area (Å²) in [6, 6.07) is 0. The highest BCUT2D eigenvalue weighted by Crippen LogP contribution is 2.30. The number of nitrogens with zero attached hydrogens (tertiary/aromatic N) is 2. The molecule has 100 valence electrons. The summed E-state index contributed by atoms with van der Waals surface area (Å²) in [5, 5.41) is 0. The Morgan fingerprint density at radius 1 is 1.29 bits per heavy atom. The molecular weight excluding hydrogens is 214 g/mol. The summed E-state index contributed by atoms with van der Waals surface area (Å²) in [6.07, 6.45) is 3.76. The summed E-state index contributed by atoms with van der Waals surface area (Å²) in [5.41, 5.74) is 6.32. The lowest BCUT2D eigenvalue weighted by atomic mass is 9.90. The van der Waals surface area contributed by atoms with Crippen LogP contribution < -0.4 is 5.73 Å². The molecule has 1 atom stereocenters. The van der Waals surface area contributed by atoms with Crippen LogP contribution >= 0.6 is 0 Å². The molecule has 4 nitrogen and oxygen atoms in total. The second-order valence-corrected chi connectivity index (χ2v) is 5.80. The third-order valence-corrected chi connectivity index (χ3v) is 4.59. The largest absolute Gasteiger partial charge is 0.384 e. The first-order chi connectivity index (χ1) is 8.20. The average molecular weight is 241 g/mol. The number of rotatable bonds is 4. The smallest absolute Gasteiger partial charge is 0.0491 e. The van der Waals surface area contributed by atoms with E-state index in [4.69, 9.17) is 10.5 Å². The maximum absolute atomic E-state index is 6.06. The summed E-state index contributed by atoms with van der Waals surface area (Å²) in [7, 11) is 4.01. The van der Waals surface area contributed by atoms with Crippen LogP contribution in [0.2, 0.25) is 0 Å². The van der Waals surface area contributed by atoms with Gasteiger partial charge in [-0.3, -0.25) is 4.90 Å². The molecule has 4 heteroatoms. The van der Waals surface area contributed by atoms with E-state index in [1.807, 2.05) is 0 Å². The van der Waals surface area contributed by atoms with Gasteiger partial charge in [0.05, 0.1) is 0 Å². The van der Waals surface area contributed by atoms with Crippen LogP contribution in [0.25, 0.3) is 0 Å². The van der Waals surface area contributed by atoms with Crippen molar-refractivity contribution in [3.8, 4) is 0 Å². The Bertz CT molecular complexity index is 241. The van der Waals surface area contributed by atoms with Gasteiger partial charge < -0.3 is 15.4 Å². The average Bonchev–Trinajstić information content (AvgIpc) is 2.74. The van der Waals surface area contributed by atoms with E-state index < -0.39 is 0 Å². The summed E-state index contributed by atoms with van der Waals surface area (Å²) in [6.45, 7) is 6.43. The molecule has 0 aliphatic carbocycles. The van der Waals surface area contributed by atoms with Gasteiger partial charge in [-0.1, -0.05) is 0 Å². The first-order valence-electron chi connectivity index (χ1n) is 6.83. The molecule has 0 saturated carbocycles. The van der Waals surface area contributed by atoms with Crippen LogP contribution in [0.3, 0.4) is 0 Å². The van der Waals surface area contributed by atoms with Gasteiger partial charge in [-0.15, -0.1) is 0 Å². The fraction of sp³-hybridized carbons (Fsp3) is 1.00. The van der Waals surface area contributed by atoms with Crippen LogP contribution in [0.1, 0.15) is 19.3 Å². The summed E-state index contributed by atoms with van der Waals surface area (Å²) >= 11 is 0. The first-order valence-corrected chi connectivity index (χ1v) is 6.83. The first kappa shape index (κ1) is 13.3. The molecule has 2 aliphatic heterocycles. The monoisotopic (exact) mass is 241 g/mol. The minimum Gasteiger partial charge on any atom is -0.384 e. The van der Waals surface area contributed by atoms with E-state index in [2.05, 4.69) is 16.8 Å². The molecule has 0 aromatic heterocycles. The molecule has 1 unspecified atom stereocenters. The van der Waals surface area contributed by atoms with Gasteiger partial charge in [-0.25, -0.2) is 0 Å². The minimum atomic E-state index is 0.257. The van der Waals surface area contributed by atoms with Crippen LogP contribution in [-0.4, -0.2) is 68.8 Å². The number of hydrogen-bond acceptors (Lipinski definition) is 4. The molecule has 2 aliphatic rings. The molecule has 0 amide bonds. The van der Waals surface area contributed by atoms with Crippen molar-refractivity contribution in [1.82, 2.24) is 9.80 Å². The van der Waals surface area contributed by atoms with Crippen LogP contribution in [0.15, 0.2) is 0 Å². The van der Waals surface area contributed by atoms with Crippen molar-refractivity contribution in [1.29, 1.82) is 0 Å². The minimum absolute atomic E-state index is 0.257. The third kappa shape index (κ3) is 2.81. The van der Waals surface area contributed by atoms with E-state index >= 15 is 0 Å². The molecule has 0 bridgehead atoms. The van der Waals surface area contributed by atoms with E-state index in [9.17, 15) is 0 Å². The number of nitrogens with two attached hydrogens (primary N) is 1.